The molecule has 0 spiro atoms. The first kappa shape index (κ1) is 14.9. The van der Waals surface area contributed by atoms with E-state index in [1.807, 2.05) is 0 Å². The Labute approximate surface area is 125 Å². The Bertz CT molecular complexity index is 572. The average molecular weight is 312 g/mol. The highest BCUT2D eigenvalue weighted by molar-refractivity contribution is 7.89. The zero-order valence-electron chi connectivity index (χ0n) is 11.8. The summed E-state index contributed by atoms with van der Waals surface area (Å²) in [6.07, 6.45) is -0.651. The fourth-order valence-electron chi connectivity index (χ4n) is 2.94. The lowest BCUT2D eigenvalue weighted by atomic mass is 10.2. The van der Waals surface area contributed by atoms with Crippen LogP contribution in [0, 0.1) is 0 Å². The molecule has 2 atom stereocenters. The molecule has 116 valence electrons. The van der Waals surface area contributed by atoms with Gasteiger partial charge in [-0.15, -0.1) is 0 Å². The van der Waals surface area contributed by atoms with Crippen LogP contribution >= 0.6 is 0 Å². The van der Waals surface area contributed by atoms with E-state index in [1.54, 1.807) is 30.3 Å². The Morgan fingerprint density at radius 3 is 2.43 bits per heavy atom. The van der Waals surface area contributed by atoms with Crippen LogP contribution in [0.2, 0.25) is 0 Å². The topological polar surface area (TPSA) is 70.1 Å². The Morgan fingerprint density at radius 2 is 1.76 bits per heavy atom. The molecule has 2 heterocycles. The van der Waals surface area contributed by atoms with Crippen LogP contribution in [0.4, 0.5) is 0 Å². The molecule has 7 heteroatoms. The first-order valence-electron chi connectivity index (χ1n) is 7.14. The average Bonchev–Trinajstić information content (AvgIpc) is 2.92. The lowest BCUT2D eigenvalue weighted by molar-refractivity contribution is -0.00602. The van der Waals surface area contributed by atoms with Crippen molar-refractivity contribution in [3.63, 3.8) is 0 Å². The van der Waals surface area contributed by atoms with Gasteiger partial charge in [-0.25, -0.2) is 8.42 Å². The van der Waals surface area contributed by atoms with Gasteiger partial charge in [-0.05, 0) is 12.1 Å². The predicted octanol–water partition coefficient (Wildman–Crippen LogP) is -0.247. The molecule has 3 rings (SSSR count). The molecule has 1 aromatic rings. The van der Waals surface area contributed by atoms with E-state index in [1.165, 1.54) is 4.31 Å². The van der Waals surface area contributed by atoms with Crippen LogP contribution < -0.4 is 0 Å². The van der Waals surface area contributed by atoms with E-state index in [9.17, 15) is 13.5 Å². The number of hydrogen-bond donors (Lipinski definition) is 1. The van der Waals surface area contributed by atoms with E-state index < -0.39 is 16.1 Å². The van der Waals surface area contributed by atoms with Gasteiger partial charge >= 0.3 is 0 Å². The highest BCUT2D eigenvalue weighted by Gasteiger charge is 2.41. The molecule has 0 aliphatic carbocycles. The number of sulfonamides is 1. The molecule has 2 aliphatic heterocycles. The van der Waals surface area contributed by atoms with Crippen LogP contribution in [0.5, 0.6) is 0 Å². The molecule has 1 N–H and O–H groups in total. The third-order valence-electron chi connectivity index (χ3n) is 4.12. The summed E-state index contributed by atoms with van der Waals surface area (Å²) in [7, 11) is -3.53. The third kappa shape index (κ3) is 2.97. The maximum Gasteiger partial charge on any atom is 0.243 e. The number of ether oxygens (including phenoxy) is 1. The lowest BCUT2D eigenvalue weighted by Crippen LogP contribution is -2.49. The maximum atomic E-state index is 12.6. The van der Waals surface area contributed by atoms with E-state index in [4.69, 9.17) is 4.74 Å². The molecular weight excluding hydrogens is 292 g/mol. The monoisotopic (exact) mass is 312 g/mol. The Kier molecular flexibility index (Phi) is 4.28. The number of hydrogen-bond acceptors (Lipinski definition) is 5. The SMILES string of the molecule is O=S(=O)(c1ccccc1)N1C[C@@H](O)[C@H](N2CCOCC2)C1. The van der Waals surface area contributed by atoms with Crippen LogP contribution in [0.1, 0.15) is 0 Å². The number of aliphatic hydroxyl groups is 1. The summed E-state index contributed by atoms with van der Waals surface area (Å²) < 4.78 is 31.8. The Balaban J connectivity index is 1.76. The second-order valence-corrected chi connectivity index (χ2v) is 7.36. The van der Waals surface area contributed by atoms with Gasteiger partial charge in [0.05, 0.1) is 30.3 Å². The number of benzene rings is 1. The molecule has 0 unspecified atom stereocenters. The quantitative estimate of drug-likeness (QED) is 0.834. The van der Waals surface area contributed by atoms with Crippen LogP contribution in [0.15, 0.2) is 35.2 Å². The number of rotatable bonds is 3. The summed E-state index contributed by atoms with van der Waals surface area (Å²) >= 11 is 0. The summed E-state index contributed by atoms with van der Waals surface area (Å²) in [4.78, 5) is 2.40. The molecule has 2 saturated heterocycles. The van der Waals surface area contributed by atoms with Gasteiger partial charge in [-0.3, -0.25) is 4.90 Å². The molecule has 0 saturated carbocycles. The Morgan fingerprint density at radius 1 is 1.10 bits per heavy atom. The van der Waals surface area contributed by atoms with Crippen molar-refractivity contribution in [1.29, 1.82) is 0 Å². The predicted molar refractivity (Wildman–Crippen MR) is 77.4 cm³/mol. The minimum Gasteiger partial charge on any atom is -0.390 e. The molecule has 0 amide bonds. The molecule has 2 fully saturated rings. The number of nitrogens with zero attached hydrogens (tertiary/aromatic N) is 2. The molecular formula is C14H20N2O4S. The van der Waals surface area contributed by atoms with Gasteiger partial charge in [0.25, 0.3) is 0 Å². The second-order valence-electron chi connectivity index (χ2n) is 5.42. The lowest BCUT2D eigenvalue weighted by Gasteiger charge is -2.33. The summed E-state index contributed by atoms with van der Waals surface area (Å²) in [5.74, 6) is 0. The van der Waals surface area contributed by atoms with Crippen molar-refractivity contribution in [2.75, 3.05) is 39.4 Å². The van der Waals surface area contributed by atoms with Crippen molar-refractivity contribution in [3.8, 4) is 0 Å². The van der Waals surface area contributed by atoms with Crippen molar-refractivity contribution < 1.29 is 18.3 Å². The molecule has 6 nitrogen and oxygen atoms in total. The molecule has 2 aliphatic rings. The fourth-order valence-corrected chi connectivity index (χ4v) is 4.44. The molecule has 0 bridgehead atoms. The zero-order valence-corrected chi connectivity index (χ0v) is 12.6. The maximum absolute atomic E-state index is 12.6. The number of morpholine rings is 1. The Hall–Kier alpha value is -0.990. The van der Waals surface area contributed by atoms with Gasteiger partial charge < -0.3 is 9.84 Å². The molecule has 21 heavy (non-hydrogen) atoms. The summed E-state index contributed by atoms with van der Waals surface area (Å²) in [6, 6.07) is 8.23. The van der Waals surface area contributed by atoms with E-state index >= 15 is 0 Å². The highest BCUT2D eigenvalue weighted by Crippen LogP contribution is 2.24. The number of aliphatic hydroxyl groups excluding tert-OH is 1. The van der Waals surface area contributed by atoms with Gasteiger partial charge in [-0.2, -0.15) is 4.31 Å². The van der Waals surface area contributed by atoms with E-state index in [2.05, 4.69) is 4.90 Å². The van der Waals surface area contributed by atoms with Crippen molar-refractivity contribution in [1.82, 2.24) is 9.21 Å². The van der Waals surface area contributed by atoms with Gasteiger partial charge in [0.2, 0.25) is 10.0 Å². The van der Waals surface area contributed by atoms with E-state index in [0.29, 0.717) is 19.8 Å². The largest absolute Gasteiger partial charge is 0.390 e. The van der Waals surface area contributed by atoms with Gasteiger partial charge in [0, 0.05) is 26.2 Å². The third-order valence-corrected chi connectivity index (χ3v) is 5.97. The standard InChI is InChI=1S/C14H20N2O4S/c17-14-11-16(10-13(14)15-6-8-20-9-7-15)21(18,19)12-4-2-1-3-5-12/h1-5,13-14,17H,6-11H2/t13-,14-/m1/s1. The first-order chi connectivity index (χ1) is 10.1. The smallest absolute Gasteiger partial charge is 0.243 e. The van der Waals surface area contributed by atoms with Crippen LogP contribution in [0.25, 0.3) is 0 Å². The van der Waals surface area contributed by atoms with Crippen molar-refractivity contribution >= 4 is 10.0 Å². The minimum absolute atomic E-state index is 0.146. The summed E-state index contributed by atoms with van der Waals surface area (Å²) in [5.41, 5.74) is 0. The highest BCUT2D eigenvalue weighted by atomic mass is 32.2. The molecule has 0 aromatic heterocycles. The van der Waals surface area contributed by atoms with Gasteiger partial charge in [0.1, 0.15) is 0 Å². The van der Waals surface area contributed by atoms with Crippen molar-refractivity contribution in [3.05, 3.63) is 30.3 Å². The van der Waals surface area contributed by atoms with Crippen LogP contribution in [0.3, 0.4) is 0 Å². The normalized spacial score (nSPS) is 28.8. The van der Waals surface area contributed by atoms with Crippen LogP contribution in [-0.2, 0) is 14.8 Å². The van der Waals surface area contributed by atoms with E-state index in [0.717, 1.165) is 13.1 Å². The van der Waals surface area contributed by atoms with Crippen LogP contribution in [-0.4, -0.2) is 74.3 Å². The molecule has 0 radical (unpaired) electrons. The van der Waals surface area contributed by atoms with Gasteiger partial charge in [-0.1, -0.05) is 18.2 Å². The van der Waals surface area contributed by atoms with Crippen molar-refractivity contribution in [2.24, 2.45) is 0 Å². The second kappa shape index (κ2) is 6.02. The summed E-state index contributed by atoms with van der Waals surface area (Å²) in [5, 5.41) is 10.2. The molecule has 1 aromatic carbocycles. The first-order valence-corrected chi connectivity index (χ1v) is 8.58. The van der Waals surface area contributed by atoms with Gasteiger partial charge in [0.15, 0.2) is 0 Å². The fraction of sp³-hybridized carbons (Fsp3) is 0.571. The van der Waals surface area contributed by atoms with E-state index in [-0.39, 0.29) is 17.5 Å². The number of β-amino-alcohol motifs (C(OH)–C–C–N with tert-alkyl or cyclic N) is 1. The zero-order chi connectivity index (χ0) is 14.9. The van der Waals surface area contributed by atoms with Crippen molar-refractivity contribution in [2.45, 2.75) is 17.0 Å². The minimum atomic E-state index is -3.53. The summed E-state index contributed by atoms with van der Waals surface area (Å²) in [6.45, 7) is 3.23.